The molecule has 1 aromatic heterocycles. The van der Waals surface area contributed by atoms with Gasteiger partial charge in [-0.2, -0.15) is 0 Å². The van der Waals surface area contributed by atoms with Gasteiger partial charge in [0.1, 0.15) is 34.4 Å². The third-order valence-corrected chi connectivity index (χ3v) is 11.0. The number of anilines is 1. The summed E-state index contributed by atoms with van der Waals surface area (Å²) in [5.41, 5.74) is 0.503. The summed E-state index contributed by atoms with van der Waals surface area (Å²) in [6, 6.07) is 13.6. The van der Waals surface area contributed by atoms with Crippen LogP contribution in [0.25, 0.3) is 16.6 Å². The molecule has 3 aliphatic heterocycles. The molecule has 55 heavy (non-hydrogen) atoms. The van der Waals surface area contributed by atoms with Gasteiger partial charge in [-0.25, -0.2) is 8.78 Å². The molecule has 0 aliphatic carbocycles. The molecule has 12 heteroatoms. The number of hydrogen-bond acceptors (Lipinski definition) is 6. The minimum atomic E-state index is -0.819. The maximum Gasteiger partial charge on any atom is 0.263 e. The van der Waals surface area contributed by atoms with Gasteiger partial charge in [0.25, 0.3) is 5.91 Å². The summed E-state index contributed by atoms with van der Waals surface area (Å²) in [6.07, 6.45) is 10.4. The molecule has 2 bridgehead atoms. The van der Waals surface area contributed by atoms with Gasteiger partial charge in [0.15, 0.2) is 0 Å². The van der Waals surface area contributed by atoms with E-state index in [0.29, 0.717) is 47.1 Å². The second-order valence-electron chi connectivity index (χ2n) is 14.7. The Bertz CT molecular complexity index is 1930. The highest BCUT2D eigenvalue weighted by molar-refractivity contribution is 6.07. The van der Waals surface area contributed by atoms with Gasteiger partial charge < -0.3 is 45.1 Å². The molecular formula is C43H55BrF2N4O5. The molecule has 0 N–H and O–H groups in total. The number of pyridine rings is 1. The zero-order valence-electron chi connectivity index (χ0n) is 32.5. The number of amides is 1. The Kier molecular flexibility index (Phi) is 15.1. The van der Waals surface area contributed by atoms with E-state index in [0.717, 1.165) is 43.9 Å². The Morgan fingerprint density at radius 3 is 2.09 bits per heavy atom. The van der Waals surface area contributed by atoms with Crippen LogP contribution in [0.4, 0.5) is 14.5 Å². The molecule has 0 radical (unpaired) electrons. The van der Waals surface area contributed by atoms with Gasteiger partial charge in [-0.3, -0.25) is 14.5 Å². The van der Waals surface area contributed by atoms with Crippen molar-refractivity contribution in [3.8, 4) is 22.9 Å². The molecule has 0 spiro atoms. The molecule has 9 nitrogen and oxygen atoms in total. The van der Waals surface area contributed by atoms with E-state index >= 15 is 0 Å². The van der Waals surface area contributed by atoms with E-state index in [1.54, 1.807) is 42.9 Å². The smallest absolute Gasteiger partial charge is 0.263 e. The predicted octanol–water partition coefficient (Wildman–Crippen LogP) is 4.99. The molecule has 3 aliphatic rings. The van der Waals surface area contributed by atoms with Crippen molar-refractivity contribution in [2.45, 2.75) is 65.2 Å². The minimum absolute atomic E-state index is 0. The number of nitrogens with zero attached hydrogens (tertiary/aromatic N) is 4. The summed E-state index contributed by atoms with van der Waals surface area (Å²) in [5, 5.41) is 0.294. The van der Waals surface area contributed by atoms with E-state index in [-0.39, 0.29) is 34.8 Å². The van der Waals surface area contributed by atoms with Crippen LogP contribution in [0.15, 0.2) is 65.6 Å². The van der Waals surface area contributed by atoms with Crippen LogP contribution in [0.3, 0.4) is 0 Å². The fourth-order valence-electron chi connectivity index (χ4n) is 7.79. The molecule has 4 aromatic rings. The lowest BCUT2D eigenvalue weighted by Gasteiger charge is -2.50. The Balaban J connectivity index is 0.00000580. The van der Waals surface area contributed by atoms with Crippen LogP contribution in [-0.2, 0) is 0 Å². The number of carbonyl (C=O) groups is 1. The molecule has 3 fully saturated rings. The van der Waals surface area contributed by atoms with Crippen LogP contribution < -0.4 is 41.5 Å². The van der Waals surface area contributed by atoms with Crippen LogP contribution in [0.2, 0.25) is 0 Å². The topological polar surface area (TPSA) is 73.2 Å². The molecule has 3 saturated heterocycles. The van der Waals surface area contributed by atoms with Crippen molar-refractivity contribution >= 4 is 22.5 Å². The fourth-order valence-corrected chi connectivity index (χ4v) is 7.79. The summed E-state index contributed by atoms with van der Waals surface area (Å²) in [7, 11) is 1.56. The summed E-state index contributed by atoms with van der Waals surface area (Å²) in [5.74, 6) is -0.591. The third kappa shape index (κ3) is 10.4. The van der Waals surface area contributed by atoms with Crippen molar-refractivity contribution < 1.29 is 49.3 Å². The highest BCUT2D eigenvalue weighted by Gasteiger charge is 2.37. The van der Waals surface area contributed by atoms with E-state index in [9.17, 15) is 18.4 Å². The largest absolute Gasteiger partial charge is 1.00 e. The third-order valence-electron chi connectivity index (χ3n) is 11.0. The number of hydrogen-bond donors (Lipinski definition) is 0. The lowest BCUT2D eigenvalue weighted by Crippen LogP contribution is -3.00. The van der Waals surface area contributed by atoms with Crippen LogP contribution in [0.1, 0.15) is 75.6 Å². The zero-order valence-corrected chi connectivity index (χ0v) is 34.1. The van der Waals surface area contributed by atoms with Gasteiger partial charge >= 0.3 is 0 Å². The minimum Gasteiger partial charge on any atom is -1.00 e. The lowest BCUT2D eigenvalue weighted by molar-refractivity contribution is -0.941. The quantitative estimate of drug-likeness (QED) is 0.0982. The molecule has 0 atom stereocenters. The zero-order chi connectivity index (χ0) is 38.1. The number of aromatic nitrogens is 1. The average Bonchev–Trinajstić information content (AvgIpc) is 3.18. The van der Waals surface area contributed by atoms with Crippen molar-refractivity contribution in [1.29, 1.82) is 0 Å². The molecule has 7 rings (SSSR count). The summed E-state index contributed by atoms with van der Waals surface area (Å²) < 4.78 is 49.4. The molecule has 1 amide bonds. The Labute approximate surface area is 334 Å². The molecule has 0 saturated carbocycles. The van der Waals surface area contributed by atoms with Gasteiger partial charge in [-0.15, -0.1) is 0 Å². The SMILES string of the molecule is CCCCOc1cc(OC)cc(-n2cc(C(=O)N(CC)c3cc(F)cc(F)c3)c(=O)c3ccc(OCCCCCCCC[N+]45CCN(CC4)CC5)cc32)c1.[Br-]. The van der Waals surface area contributed by atoms with Gasteiger partial charge in [-0.1, -0.05) is 32.6 Å². The summed E-state index contributed by atoms with van der Waals surface area (Å²) in [6.45, 7) is 14.0. The molecule has 4 heterocycles. The van der Waals surface area contributed by atoms with Crippen molar-refractivity contribution in [3.05, 3.63) is 88.2 Å². The van der Waals surface area contributed by atoms with E-state index < -0.39 is 23.0 Å². The number of quaternary nitrogens is 1. The van der Waals surface area contributed by atoms with Crippen LogP contribution >= 0.6 is 0 Å². The second-order valence-corrected chi connectivity index (χ2v) is 14.7. The summed E-state index contributed by atoms with van der Waals surface area (Å²) >= 11 is 0. The Hall–Kier alpha value is -4.00. The van der Waals surface area contributed by atoms with Crippen molar-refractivity contribution in [1.82, 2.24) is 9.47 Å². The van der Waals surface area contributed by atoms with Crippen molar-refractivity contribution in [3.63, 3.8) is 0 Å². The lowest BCUT2D eigenvalue weighted by atomic mass is 10.1. The first kappa shape index (κ1) is 42.1. The monoisotopic (exact) mass is 824 g/mol. The predicted molar refractivity (Wildman–Crippen MR) is 210 cm³/mol. The standard InChI is InChI=1S/C43H55F2N4O5.BrH/c1-4-6-22-54-38-28-35(27-37(29-38)52-3)48-31-40(43(51)47(5-2)34-25-32(44)24-33(45)26-34)42(50)39-14-13-36(30-41(39)48)53-23-12-10-8-7-9-11-18-49-19-15-46(16-20-49)17-21-49;/h13-14,24-31H,4-12,15-23H2,1-3H3;1H/q+1;/p-1. The molecule has 3 aromatic carbocycles. The number of halogens is 3. The van der Waals surface area contributed by atoms with Crippen LogP contribution in [0, 0.1) is 11.6 Å². The van der Waals surface area contributed by atoms with Gasteiger partial charge in [-0.05, 0) is 56.9 Å². The van der Waals surface area contributed by atoms with Gasteiger partial charge in [0.2, 0.25) is 5.43 Å². The van der Waals surface area contributed by atoms with E-state index in [1.807, 2.05) is 12.1 Å². The first-order chi connectivity index (χ1) is 26.2. The average molecular weight is 826 g/mol. The molecule has 298 valence electrons. The van der Waals surface area contributed by atoms with E-state index in [4.69, 9.17) is 14.2 Å². The number of carbonyl (C=O) groups excluding carboxylic acids is 1. The van der Waals surface area contributed by atoms with Gasteiger partial charge in [0, 0.05) is 73.8 Å². The highest BCUT2D eigenvalue weighted by Crippen LogP contribution is 2.30. The number of ether oxygens (including phenoxy) is 3. The fraction of sp³-hybridized carbons (Fsp3) is 0.488. The van der Waals surface area contributed by atoms with E-state index in [1.165, 1.54) is 87.1 Å². The number of fused-ring (bicyclic) bond motifs is 4. The number of unbranched alkanes of at least 4 members (excludes halogenated alkanes) is 6. The Morgan fingerprint density at radius 2 is 1.42 bits per heavy atom. The van der Waals surface area contributed by atoms with E-state index in [2.05, 4.69) is 11.8 Å². The number of rotatable bonds is 19. The first-order valence-corrected chi connectivity index (χ1v) is 19.7. The van der Waals surface area contributed by atoms with Crippen LogP contribution in [0.5, 0.6) is 17.2 Å². The Morgan fingerprint density at radius 1 is 0.782 bits per heavy atom. The van der Waals surface area contributed by atoms with Crippen molar-refractivity contribution in [2.24, 2.45) is 0 Å². The normalized spacial score (nSPS) is 17.5. The van der Waals surface area contributed by atoms with Gasteiger partial charge in [0.05, 0.1) is 57.7 Å². The highest BCUT2D eigenvalue weighted by atomic mass is 79.9. The number of piperazine rings is 3. The molecular weight excluding hydrogens is 770 g/mol. The second kappa shape index (κ2) is 19.7. The molecule has 0 unspecified atom stereocenters. The number of methoxy groups -OCH3 is 1. The first-order valence-electron chi connectivity index (χ1n) is 19.7. The van der Waals surface area contributed by atoms with Crippen molar-refractivity contribution in [2.75, 3.05) is 77.6 Å². The maximum atomic E-state index is 14.2. The number of benzene rings is 3. The van der Waals surface area contributed by atoms with Crippen LogP contribution in [-0.4, -0.2) is 92.5 Å². The maximum absolute atomic E-state index is 14.2. The summed E-state index contributed by atoms with van der Waals surface area (Å²) in [4.78, 5) is 31.9.